The van der Waals surface area contributed by atoms with E-state index in [0.29, 0.717) is 30.6 Å². The van der Waals surface area contributed by atoms with Gasteiger partial charge in [0.2, 0.25) is 10.0 Å². The first-order valence-corrected chi connectivity index (χ1v) is 7.14. The van der Waals surface area contributed by atoms with Crippen molar-refractivity contribution >= 4 is 15.7 Å². The molecule has 0 amide bonds. The largest absolute Gasteiger partial charge is 0.491 e. The second kappa shape index (κ2) is 5.13. The van der Waals surface area contributed by atoms with Gasteiger partial charge >= 0.3 is 0 Å². The summed E-state index contributed by atoms with van der Waals surface area (Å²) < 4.78 is 33.2. The fraction of sp³-hybridized carbons (Fsp3) is 0.455. The van der Waals surface area contributed by atoms with E-state index in [9.17, 15) is 8.42 Å². The van der Waals surface area contributed by atoms with Crippen molar-refractivity contribution in [1.82, 2.24) is 0 Å². The number of ether oxygens (including phenoxy) is 2. The number of benzene rings is 1. The molecule has 4 N–H and O–H groups in total. The smallest absolute Gasteiger partial charge is 0.238 e. The van der Waals surface area contributed by atoms with Crippen molar-refractivity contribution in [2.45, 2.75) is 11.3 Å². The van der Waals surface area contributed by atoms with Crippen LogP contribution in [0.25, 0.3) is 0 Å². The minimum Gasteiger partial charge on any atom is -0.491 e. The first kappa shape index (κ1) is 13.1. The molecule has 1 aromatic carbocycles. The zero-order chi connectivity index (χ0) is 13.2. The van der Waals surface area contributed by atoms with Crippen molar-refractivity contribution in [3.05, 3.63) is 18.2 Å². The number of anilines is 1. The van der Waals surface area contributed by atoms with Crippen molar-refractivity contribution in [3.63, 3.8) is 0 Å². The molecule has 2 rings (SSSR count). The predicted octanol–water partition coefficient (Wildman–Crippen LogP) is 0.332. The Balaban J connectivity index is 2.11. The van der Waals surface area contributed by atoms with E-state index in [0.717, 1.165) is 13.0 Å². The molecule has 1 saturated heterocycles. The maximum atomic E-state index is 11.2. The lowest BCUT2D eigenvalue weighted by Crippen LogP contribution is -2.14. The Morgan fingerprint density at radius 1 is 1.44 bits per heavy atom. The molecule has 7 heteroatoms. The maximum Gasteiger partial charge on any atom is 0.238 e. The van der Waals surface area contributed by atoms with Crippen LogP contribution in [0.15, 0.2) is 23.1 Å². The van der Waals surface area contributed by atoms with Crippen LogP contribution in [-0.4, -0.2) is 28.2 Å². The lowest BCUT2D eigenvalue weighted by molar-refractivity contribution is 0.167. The highest BCUT2D eigenvalue weighted by atomic mass is 32.2. The van der Waals surface area contributed by atoms with Crippen molar-refractivity contribution < 1.29 is 17.9 Å². The first-order chi connectivity index (χ1) is 8.47. The summed E-state index contributed by atoms with van der Waals surface area (Å²) in [7, 11) is -3.74. The van der Waals surface area contributed by atoms with Gasteiger partial charge in [0.05, 0.1) is 23.8 Å². The molecule has 6 nitrogen and oxygen atoms in total. The van der Waals surface area contributed by atoms with Gasteiger partial charge in [-0.2, -0.15) is 0 Å². The summed E-state index contributed by atoms with van der Waals surface area (Å²) in [6.45, 7) is 1.85. The van der Waals surface area contributed by atoms with Gasteiger partial charge < -0.3 is 15.2 Å². The number of primary sulfonamides is 1. The lowest BCUT2D eigenvalue weighted by atomic mass is 10.1. The first-order valence-electron chi connectivity index (χ1n) is 5.59. The van der Waals surface area contributed by atoms with Crippen molar-refractivity contribution in [2.24, 2.45) is 11.1 Å². The zero-order valence-electron chi connectivity index (χ0n) is 9.83. The third-order valence-corrected chi connectivity index (χ3v) is 3.72. The minimum atomic E-state index is -3.74. The van der Waals surface area contributed by atoms with Crippen molar-refractivity contribution in [3.8, 4) is 5.75 Å². The van der Waals surface area contributed by atoms with Crippen LogP contribution in [-0.2, 0) is 14.8 Å². The fourth-order valence-corrected chi connectivity index (χ4v) is 2.27. The van der Waals surface area contributed by atoms with Crippen molar-refractivity contribution in [1.29, 1.82) is 0 Å². The van der Waals surface area contributed by atoms with E-state index in [2.05, 4.69) is 0 Å². The van der Waals surface area contributed by atoms with Gasteiger partial charge in [-0.15, -0.1) is 0 Å². The number of nitrogens with two attached hydrogens (primary N) is 2. The van der Waals surface area contributed by atoms with E-state index in [1.165, 1.54) is 18.2 Å². The van der Waals surface area contributed by atoms with Crippen LogP contribution >= 0.6 is 0 Å². The molecule has 1 heterocycles. The second-order valence-corrected chi connectivity index (χ2v) is 5.85. The van der Waals surface area contributed by atoms with E-state index < -0.39 is 10.0 Å². The van der Waals surface area contributed by atoms with Gasteiger partial charge in [0.25, 0.3) is 0 Å². The molecule has 1 aliphatic heterocycles. The van der Waals surface area contributed by atoms with Gasteiger partial charge in [-0.05, 0) is 18.6 Å². The standard InChI is InChI=1S/C11H16N2O4S/c12-10-2-1-9(18(13,14)15)5-11(10)17-7-8-3-4-16-6-8/h1-2,5,8H,3-4,6-7,12H2,(H2,13,14,15). The third-order valence-electron chi connectivity index (χ3n) is 2.81. The second-order valence-electron chi connectivity index (χ2n) is 4.29. The zero-order valence-corrected chi connectivity index (χ0v) is 10.7. The number of sulfonamides is 1. The molecule has 0 saturated carbocycles. The number of hydrogen-bond acceptors (Lipinski definition) is 5. The van der Waals surface area contributed by atoms with Crippen LogP contribution in [0.2, 0.25) is 0 Å². The fourth-order valence-electron chi connectivity index (χ4n) is 1.74. The molecule has 0 aromatic heterocycles. The lowest BCUT2D eigenvalue weighted by Gasteiger charge is -2.13. The van der Waals surface area contributed by atoms with Gasteiger partial charge in [0.1, 0.15) is 5.75 Å². The molecule has 1 unspecified atom stereocenters. The van der Waals surface area contributed by atoms with E-state index >= 15 is 0 Å². The highest BCUT2D eigenvalue weighted by molar-refractivity contribution is 7.89. The number of hydrogen-bond donors (Lipinski definition) is 2. The van der Waals surface area contributed by atoms with Crippen molar-refractivity contribution in [2.75, 3.05) is 25.6 Å². The summed E-state index contributed by atoms with van der Waals surface area (Å²) in [4.78, 5) is -0.00521. The Morgan fingerprint density at radius 3 is 2.83 bits per heavy atom. The van der Waals surface area contributed by atoms with Gasteiger partial charge in [-0.25, -0.2) is 13.6 Å². The quantitative estimate of drug-likeness (QED) is 0.769. The number of nitrogen functional groups attached to an aromatic ring is 1. The molecule has 0 spiro atoms. The summed E-state index contributed by atoms with van der Waals surface area (Å²) in [6, 6.07) is 4.18. The van der Waals surface area contributed by atoms with Gasteiger partial charge in [0.15, 0.2) is 0 Å². The maximum absolute atomic E-state index is 11.2. The monoisotopic (exact) mass is 272 g/mol. The van der Waals surface area contributed by atoms with Crippen LogP contribution < -0.4 is 15.6 Å². The predicted molar refractivity (Wildman–Crippen MR) is 66.6 cm³/mol. The molecule has 1 atom stereocenters. The SMILES string of the molecule is Nc1ccc(S(N)(=O)=O)cc1OCC1CCOC1. The van der Waals surface area contributed by atoms with Crippen LogP contribution in [0, 0.1) is 5.92 Å². The normalized spacial score (nSPS) is 19.9. The van der Waals surface area contributed by atoms with Crippen LogP contribution in [0.4, 0.5) is 5.69 Å². The summed E-state index contributed by atoms with van der Waals surface area (Å²) in [5.74, 6) is 0.663. The minimum absolute atomic E-state index is 0.00521. The Hall–Kier alpha value is -1.31. The van der Waals surface area contributed by atoms with Crippen LogP contribution in [0.1, 0.15) is 6.42 Å². The molecule has 0 bridgehead atoms. The van der Waals surface area contributed by atoms with Gasteiger partial charge in [-0.1, -0.05) is 0 Å². The van der Waals surface area contributed by atoms with Gasteiger partial charge in [-0.3, -0.25) is 0 Å². The average Bonchev–Trinajstić information content (AvgIpc) is 2.79. The highest BCUT2D eigenvalue weighted by Gasteiger charge is 2.17. The molecular formula is C11H16N2O4S. The molecule has 1 aromatic rings. The Labute approximate surface area is 106 Å². The molecular weight excluding hydrogens is 256 g/mol. The summed E-state index contributed by atoms with van der Waals surface area (Å²) >= 11 is 0. The third kappa shape index (κ3) is 3.12. The van der Waals surface area contributed by atoms with E-state index in [1.807, 2.05) is 0 Å². The molecule has 0 radical (unpaired) electrons. The molecule has 1 aliphatic rings. The van der Waals surface area contributed by atoms with E-state index in [4.69, 9.17) is 20.3 Å². The molecule has 1 fully saturated rings. The summed E-state index contributed by atoms with van der Waals surface area (Å²) in [5, 5.41) is 5.05. The number of rotatable bonds is 4. The topological polar surface area (TPSA) is 105 Å². The van der Waals surface area contributed by atoms with Gasteiger partial charge in [0, 0.05) is 18.6 Å². The summed E-state index contributed by atoms with van der Waals surface area (Å²) in [6.07, 6.45) is 0.939. The molecule has 100 valence electrons. The average molecular weight is 272 g/mol. The Bertz CT molecular complexity index is 524. The Morgan fingerprint density at radius 2 is 2.22 bits per heavy atom. The molecule has 18 heavy (non-hydrogen) atoms. The van der Waals surface area contributed by atoms with Crippen LogP contribution in [0.3, 0.4) is 0 Å². The molecule has 0 aliphatic carbocycles. The van der Waals surface area contributed by atoms with E-state index in [1.54, 1.807) is 0 Å². The summed E-state index contributed by atoms with van der Waals surface area (Å²) in [5.41, 5.74) is 6.12. The van der Waals surface area contributed by atoms with E-state index in [-0.39, 0.29) is 4.90 Å². The highest BCUT2D eigenvalue weighted by Crippen LogP contribution is 2.26. The Kier molecular flexibility index (Phi) is 3.74. The van der Waals surface area contributed by atoms with Crippen LogP contribution in [0.5, 0.6) is 5.75 Å².